The largest absolute Gasteiger partial charge is 0.354 e. The molecule has 56 heavy (non-hydrogen) atoms. The average molecular weight is 723 g/mol. The van der Waals surface area contributed by atoms with Gasteiger partial charge in [-0.15, -0.1) is 0 Å². The first-order valence-corrected chi connectivity index (χ1v) is 19.2. The van der Waals surface area contributed by atoms with Crippen LogP contribution in [-0.4, -0.2) is 14.5 Å². The lowest BCUT2D eigenvalue weighted by atomic mass is 9.85. The highest BCUT2D eigenvalue weighted by Gasteiger charge is 2.23. The summed E-state index contributed by atoms with van der Waals surface area (Å²) in [5, 5.41) is 3.90. The van der Waals surface area contributed by atoms with E-state index < -0.39 is 0 Å². The molecular weight excluding hydrogens is 681 g/mol. The number of imidazole rings is 1. The fourth-order valence-corrected chi connectivity index (χ4v) is 7.56. The van der Waals surface area contributed by atoms with Gasteiger partial charge in [-0.3, -0.25) is 9.55 Å². The van der Waals surface area contributed by atoms with Crippen molar-refractivity contribution in [1.82, 2.24) is 14.5 Å². The number of benzene rings is 7. The van der Waals surface area contributed by atoms with Crippen LogP contribution >= 0.6 is 0 Å². The Morgan fingerprint density at radius 3 is 1.77 bits per heavy atom. The Hall–Kier alpha value is -7.04. The highest BCUT2D eigenvalue weighted by atomic mass is 15.1. The van der Waals surface area contributed by atoms with Crippen LogP contribution in [0.5, 0.6) is 0 Å². The maximum atomic E-state index is 5.56. The number of nitrogens with one attached hydrogen (secondary N) is 1. The molecule has 9 aromatic rings. The molecule has 0 aliphatic heterocycles. The highest BCUT2D eigenvalue weighted by Crippen LogP contribution is 2.42. The standard InChI is InChI=1S/C52H42N4/c1-52(2,3)40-30-31-46(44(35-40)47-34-39(32-33-53-47)36-18-7-4-8-19-36)54-45-27-15-13-25-43(45)51-55-50-42(38-22-11-6-12-23-38)26-17-29-49(50)56(51)48-28-16-14-24-41(48)37-20-9-5-10-21-37/h4-35,54H,1-3H3. The first kappa shape index (κ1) is 34.7. The van der Waals surface area contributed by atoms with Gasteiger partial charge in [0.15, 0.2) is 0 Å². The second-order valence-electron chi connectivity index (χ2n) is 15.2. The van der Waals surface area contributed by atoms with E-state index in [0.717, 1.165) is 84.1 Å². The summed E-state index contributed by atoms with van der Waals surface area (Å²) in [6.07, 6.45) is 1.91. The molecule has 0 radical (unpaired) electrons. The van der Waals surface area contributed by atoms with Gasteiger partial charge in [0.05, 0.1) is 22.4 Å². The van der Waals surface area contributed by atoms with Crippen molar-refractivity contribution in [2.45, 2.75) is 26.2 Å². The summed E-state index contributed by atoms with van der Waals surface area (Å²) in [4.78, 5) is 10.5. The zero-order valence-electron chi connectivity index (χ0n) is 31.8. The zero-order chi connectivity index (χ0) is 38.1. The van der Waals surface area contributed by atoms with E-state index in [2.05, 4.69) is 219 Å². The molecule has 0 saturated carbocycles. The quantitative estimate of drug-likeness (QED) is 0.170. The van der Waals surface area contributed by atoms with E-state index in [1.54, 1.807) is 0 Å². The van der Waals surface area contributed by atoms with Gasteiger partial charge >= 0.3 is 0 Å². The summed E-state index contributed by atoms with van der Waals surface area (Å²) in [5.74, 6) is 0.854. The van der Waals surface area contributed by atoms with E-state index in [1.807, 2.05) is 6.20 Å². The minimum Gasteiger partial charge on any atom is -0.354 e. The monoisotopic (exact) mass is 722 g/mol. The van der Waals surface area contributed by atoms with Crippen LogP contribution < -0.4 is 5.32 Å². The average Bonchev–Trinajstić information content (AvgIpc) is 3.64. The molecule has 0 aliphatic rings. The lowest BCUT2D eigenvalue weighted by Crippen LogP contribution is -2.11. The number of fused-ring (bicyclic) bond motifs is 1. The first-order valence-electron chi connectivity index (χ1n) is 19.2. The Kier molecular flexibility index (Phi) is 9.08. The number of aromatic nitrogens is 3. The molecule has 0 amide bonds. The molecule has 0 spiro atoms. The van der Waals surface area contributed by atoms with Crippen molar-refractivity contribution in [3.63, 3.8) is 0 Å². The number of nitrogens with zero attached hydrogens (tertiary/aromatic N) is 3. The molecule has 7 aromatic carbocycles. The van der Waals surface area contributed by atoms with E-state index in [9.17, 15) is 0 Å². The Labute approximate surface area is 328 Å². The normalized spacial score (nSPS) is 11.5. The van der Waals surface area contributed by atoms with Gasteiger partial charge in [0, 0.05) is 39.8 Å². The third-order valence-electron chi connectivity index (χ3n) is 10.5. The number of anilines is 2. The molecule has 270 valence electrons. The Morgan fingerprint density at radius 2 is 1.05 bits per heavy atom. The topological polar surface area (TPSA) is 42.7 Å². The molecule has 0 unspecified atom stereocenters. The minimum atomic E-state index is -0.0459. The van der Waals surface area contributed by atoms with Crippen molar-refractivity contribution >= 4 is 22.4 Å². The summed E-state index contributed by atoms with van der Waals surface area (Å²) < 4.78 is 2.33. The highest BCUT2D eigenvalue weighted by molar-refractivity contribution is 5.98. The van der Waals surface area contributed by atoms with Crippen LogP contribution in [0.3, 0.4) is 0 Å². The number of pyridine rings is 1. The summed E-state index contributed by atoms with van der Waals surface area (Å²) in [6, 6.07) is 66.3. The third-order valence-corrected chi connectivity index (χ3v) is 10.5. The molecule has 2 heterocycles. The van der Waals surface area contributed by atoms with E-state index in [1.165, 1.54) is 5.56 Å². The van der Waals surface area contributed by atoms with Crippen LogP contribution in [-0.2, 0) is 5.41 Å². The fourth-order valence-electron chi connectivity index (χ4n) is 7.56. The Bertz CT molecular complexity index is 2800. The van der Waals surface area contributed by atoms with Gasteiger partial charge in [-0.05, 0) is 81.8 Å². The molecule has 0 fully saturated rings. The van der Waals surface area contributed by atoms with Crippen LogP contribution in [0.2, 0.25) is 0 Å². The zero-order valence-corrected chi connectivity index (χ0v) is 31.8. The maximum Gasteiger partial charge on any atom is 0.147 e. The van der Waals surface area contributed by atoms with E-state index >= 15 is 0 Å². The SMILES string of the molecule is CC(C)(C)c1ccc(Nc2ccccc2-c2nc3c(-c4ccccc4)cccc3n2-c2ccccc2-c2ccccc2)c(-c2cc(-c3ccccc3)ccn2)c1. The molecule has 0 saturated heterocycles. The van der Waals surface area contributed by atoms with Crippen LogP contribution in [0.1, 0.15) is 26.3 Å². The summed E-state index contributed by atoms with van der Waals surface area (Å²) in [5.41, 5.74) is 15.9. The van der Waals surface area contributed by atoms with Gasteiger partial charge in [0.25, 0.3) is 0 Å². The Balaban J connectivity index is 1.25. The van der Waals surface area contributed by atoms with Crippen LogP contribution in [0.25, 0.3) is 72.7 Å². The van der Waals surface area contributed by atoms with Crippen LogP contribution in [0, 0.1) is 0 Å². The lowest BCUT2D eigenvalue weighted by molar-refractivity contribution is 0.590. The molecule has 4 heteroatoms. The summed E-state index contributed by atoms with van der Waals surface area (Å²) in [6.45, 7) is 6.76. The van der Waals surface area contributed by atoms with Crippen LogP contribution in [0.4, 0.5) is 11.4 Å². The van der Waals surface area contributed by atoms with Gasteiger partial charge in [-0.25, -0.2) is 4.98 Å². The molecule has 1 N–H and O–H groups in total. The van der Waals surface area contributed by atoms with Gasteiger partial charge in [0.2, 0.25) is 0 Å². The second-order valence-corrected chi connectivity index (χ2v) is 15.2. The molecule has 0 aliphatic carbocycles. The number of hydrogen-bond donors (Lipinski definition) is 1. The van der Waals surface area contributed by atoms with Gasteiger partial charge in [-0.1, -0.05) is 160 Å². The summed E-state index contributed by atoms with van der Waals surface area (Å²) >= 11 is 0. The van der Waals surface area contributed by atoms with Crippen molar-refractivity contribution in [3.05, 3.63) is 200 Å². The van der Waals surface area contributed by atoms with Crippen molar-refractivity contribution < 1.29 is 0 Å². The molecule has 0 atom stereocenters. The minimum absolute atomic E-state index is 0.0459. The van der Waals surface area contributed by atoms with Gasteiger partial charge < -0.3 is 5.32 Å². The van der Waals surface area contributed by atoms with E-state index in [0.29, 0.717) is 0 Å². The summed E-state index contributed by atoms with van der Waals surface area (Å²) in [7, 11) is 0. The Morgan fingerprint density at radius 1 is 0.464 bits per heavy atom. The smallest absolute Gasteiger partial charge is 0.147 e. The van der Waals surface area contributed by atoms with Crippen molar-refractivity contribution in [1.29, 1.82) is 0 Å². The van der Waals surface area contributed by atoms with E-state index in [4.69, 9.17) is 9.97 Å². The first-order chi connectivity index (χ1) is 27.4. The molecule has 9 rings (SSSR count). The van der Waals surface area contributed by atoms with Gasteiger partial charge in [-0.2, -0.15) is 0 Å². The van der Waals surface area contributed by atoms with Crippen LogP contribution in [0.15, 0.2) is 194 Å². The predicted molar refractivity (Wildman–Crippen MR) is 234 cm³/mol. The second kappa shape index (κ2) is 14.7. The van der Waals surface area contributed by atoms with Crippen molar-refractivity contribution in [2.75, 3.05) is 5.32 Å². The fraction of sp³-hybridized carbons (Fsp3) is 0.0769. The number of rotatable bonds is 8. The molecule has 4 nitrogen and oxygen atoms in total. The number of hydrogen-bond acceptors (Lipinski definition) is 3. The molecule has 0 bridgehead atoms. The van der Waals surface area contributed by atoms with Crippen molar-refractivity contribution in [2.24, 2.45) is 0 Å². The van der Waals surface area contributed by atoms with Crippen molar-refractivity contribution in [3.8, 4) is 61.7 Å². The number of para-hydroxylation sites is 3. The third kappa shape index (κ3) is 6.67. The molecule has 2 aromatic heterocycles. The van der Waals surface area contributed by atoms with E-state index in [-0.39, 0.29) is 5.41 Å². The lowest BCUT2D eigenvalue weighted by Gasteiger charge is -2.23. The predicted octanol–water partition coefficient (Wildman–Crippen LogP) is 13.8. The molecular formula is C52H42N4. The van der Waals surface area contributed by atoms with Gasteiger partial charge in [0.1, 0.15) is 5.82 Å². The maximum absolute atomic E-state index is 5.56.